The zero-order valence-electron chi connectivity index (χ0n) is 11.3. The molecule has 1 aliphatic heterocycles. The van der Waals surface area contributed by atoms with Crippen molar-refractivity contribution in [3.05, 3.63) is 29.8 Å². The van der Waals surface area contributed by atoms with E-state index in [-0.39, 0.29) is 0 Å². The summed E-state index contributed by atoms with van der Waals surface area (Å²) >= 11 is 2.10. The Kier molecular flexibility index (Phi) is 5.39. The smallest absolute Gasteiger partial charge is 0.124 e. The Morgan fingerprint density at radius 1 is 1.39 bits per heavy atom. The van der Waals surface area contributed by atoms with Crippen molar-refractivity contribution in [3.63, 3.8) is 0 Å². The maximum absolute atomic E-state index is 5.76. The second kappa shape index (κ2) is 7.05. The molecule has 1 heterocycles. The molecule has 0 saturated carbocycles. The quantitative estimate of drug-likeness (QED) is 0.878. The maximum atomic E-state index is 5.76. The van der Waals surface area contributed by atoms with E-state index in [4.69, 9.17) is 4.74 Å². The highest BCUT2D eigenvalue weighted by Gasteiger charge is 2.26. The Labute approximate surface area is 114 Å². The number of benzene rings is 1. The first kappa shape index (κ1) is 13.8. The lowest BCUT2D eigenvalue weighted by atomic mass is 9.98. The molecule has 0 radical (unpaired) electrons. The molecule has 1 aromatic rings. The van der Waals surface area contributed by atoms with Crippen LogP contribution in [0.1, 0.15) is 37.8 Å². The van der Waals surface area contributed by atoms with Crippen LogP contribution in [0.4, 0.5) is 0 Å². The number of hydrogen-bond donors (Lipinski definition) is 1. The average Bonchev–Trinajstić information content (AvgIpc) is 2.43. The fraction of sp³-hybridized carbons (Fsp3) is 0.600. The first-order chi connectivity index (χ1) is 8.86. The van der Waals surface area contributed by atoms with E-state index in [9.17, 15) is 0 Å². The van der Waals surface area contributed by atoms with Crippen molar-refractivity contribution in [1.29, 1.82) is 0 Å². The lowest BCUT2D eigenvalue weighted by Crippen LogP contribution is -2.29. The topological polar surface area (TPSA) is 21.3 Å². The monoisotopic (exact) mass is 265 g/mol. The number of nitrogens with one attached hydrogen (secondary N) is 1. The van der Waals surface area contributed by atoms with Gasteiger partial charge in [-0.05, 0) is 38.6 Å². The molecule has 0 aliphatic carbocycles. The van der Waals surface area contributed by atoms with E-state index in [1.54, 1.807) is 0 Å². The summed E-state index contributed by atoms with van der Waals surface area (Å²) in [5, 5.41) is 4.16. The van der Waals surface area contributed by atoms with Crippen LogP contribution in [0.25, 0.3) is 0 Å². The number of thioether (sulfide) groups is 1. The predicted molar refractivity (Wildman–Crippen MR) is 79.5 cm³/mol. The summed E-state index contributed by atoms with van der Waals surface area (Å²) in [4.78, 5) is 0. The lowest BCUT2D eigenvalue weighted by molar-refractivity contribution is 0.331. The summed E-state index contributed by atoms with van der Waals surface area (Å²) in [6.07, 6.45) is 4.02. The Balaban J connectivity index is 2.20. The highest BCUT2D eigenvalue weighted by atomic mass is 32.2. The molecule has 1 aliphatic rings. The molecular weight excluding hydrogens is 242 g/mol. The molecule has 2 rings (SSSR count). The molecule has 2 nitrogen and oxygen atoms in total. The zero-order valence-corrected chi connectivity index (χ0v) is 12.1. The number of ether oxygens (including phenoxy) is 1. The van der Waals surface area contributed by atoms with Crippen molar-refractivity contribution < 1.29 is 4.74 Å². The van der Waals surface area contributed by atoms with E-state index in [2.05, 4.69) is 48.4 Å². The SMILES string of the molecule is CCOc1ccccc1C(NC)C1CCCCS1. The van der Waals surface area contributed by atoms with Gasteiger partial charge >= 0.3 is 0 Å². The third kappa shape index (κ3) is 3.21. The van der Waals surface area contributed by atoms with E-state index in [0.717, 1.165) is 12.4 Å². The van der Waals surface area contributed by atoms with Crippen molar-refractivity contribution >= 4 is 11.8 Å². The summed E-state index contributed by atoms with van der Waals surface area (Å²) in [6, 6.07) is 8.83. The Morgan fingerprint density at radius 2 is 2.22 bits per heavy atom. The van der Waals surface area contributed by atoms with Gasteiger partial charge in [-0.3, -0.25) is 0 Å². The molecule has 1 saturated heterocycles. The molecule has 2 unspecified atom stereocenters. The Morgan fingerprint density at radius 3 is 2.89 bits per heavy atom. The van der Waals surface area contributed by atoms with Gasteiger partial charge in [0.05, 0.1) is 6.61 Å². The maximum Gasteiger partial charge on any atom is 0.124 e. The molecule has 0 aromatic heterocycles. The summed E-state index contributed by atoms with van der Waals surface area (Å²) in [5.41, 5.74) is 1.31. The van der Waals surface area contributed by atoms with Gasteiger partial charge in [-0.25, -0.2) is 0 Å². The average molecular weight is 265 g/mol. The molecule has 100 valence electrons. The van der Waals surface area contributed by atoms with Crippen molar-refractivity contribution in [1.82, 2.24) is 5.32 Å². The van der Waals surface area contributed by atoms with Gasteiger partial charge in [-0.1, -0.05) is 24.6 Å². The second-order valence-electron chi connectivity index (χ2n) is 4.64. The minimum absolute atomic E-state index is 0.401. The molecule has 0 spiro atoms. The van der Waals surface area contributed by atoms with Gasteiger partial charge in [0.15, 0.2) is 0 Å². The molecule has 3 heteroatoms. The predicted octanol–water partition coefficient (Wildman–Crippen LogP) is 3.63. The van der Waals surface area contributed by atoms with Gasteiger partial charge < -0.3 is 10.1 Å². The normalized spacial score (nSPS) is 21.6. The van der Waals surface area contributed by atoms with Crippen LogP contribution in [0.2, 0.25) is 0 Å². The van der Waals surface area contributed by atoms with Crippen LogP contribution in [-0.4, -0.2) is 24.7 Å². The minimum atomic E-state index is 0.401. The van der Waals surface area contributed by atoms with Crippen LogP contribution in [0, 0.1) is 0 Å². The number of hydrogen-bond acceptors (Lipinski definition) is 3. The lowest BCUT2D eigenvalue weighted by Gasteiger charge is -2.30. The van der Waals surface area contributed by atoms with E-state index < -0.39 is 0 Å². The molecule has 2 atom stereocenters. The first-order valence-electron chi connectivity index (χ1n) is 6.87. The van der Waals surface area contributed by atoms with Crippen LogP contribution in [0.3, 0.4) is 0 Å². The standard InChI is InChI=1S/C15H23NOS/c1-3-17-13-9-5-4-8-12(13)15(16-2)14-10-6-7-11-18-14/h4-5,8-9,14-16H,3,6-7,10-11H2,1-2H3. The van der Waals surface area contributed by atoms with Crippen LogP contribution in [-0.2, 0) is 0 Å². The van der Waals surface area contributed by atoms with Crippen molar-refractivity contribution in [2.24, 2.45) is 0 Å². The largest absolute Gasteiger partial charge is 0.494 e. The van der Waals surface area contributed by atoms with Crippen LogP contribution >= 0.6 is 11.8 Å². The fourth-order valence-corrected chi connectivity index (χ4v) is 4.08. The fourth-order valence-electron chi connectivity index (χ4n) is 2.59. The molecule has 18 heavy (non-hydrogen) atoms. The van der Waals surface area contributed by atoms with Crippen molar-refractivity contribution in [2.45, 2.75) is 37.5 Å². The highest BCUT2D eigenvalue weighted by Crippen LogP contribution is 2.37. The zero-order chi connectivity index (χ0) is 12.8. The molecule has 1 aromatic carbocycles. The molecule has 1 fully saturated rings. The van der Waals surface area contributed by atoms with Gasteiger partial charge in [0.1, 0.15) is 5.75 Å². The molecular formula is C15H23NOS. The van der Waals surface area contributed by atoms with Gasteiger partial charge in [0.25, 0.3) is 0 Å². The van der Waals surface area contributed by atoms with Gasteiger partial charge in [-0.15, -0.1) is 0 Å². The van der Waals surface area contributed by atoms with Gasteiger partial charge in [-0.2, -0.15) is 11.8 Å². The summed E-state index contributed by atoms with van der Waals surface area (Å²) in [7, 11) is 2.06. The Hall–Kier alpha value is -0.670. The van der Waals surface area contributed by atoms with Crippen molar-refractivity contribution in [3.8, 4) is 5.75 Å². The minimum Gasteiger partial charge on any atom is -0.494 e. The van der Waals surface area contributed by atoms with Crippen LogP contribution in [0.15, 0.2) is 24.3 Å². The summed E-state index contributed by atoms with van der Waals surface area (Å²) in [5.74, 6) is 2.32. The number of para-hydroxylation sites is 1. The first-order valence-corrected chi connectivity index (χ1v) is 7.92. The molecule has 0 amide bonds. The van der Waals surface area contributed by atoms with Crippen LogP contribution < -0.4 is 10.1 Å². The summed E-state index contributed by atoms with van der Waals surface area (Å²) < 4.78 is 5.76. The van der Waals surface area contributed by atoms with E-state index in [0.29, 0.717) is 11.3 Å². The number of rotatable bonds is 5. The summed E-state index contributed by atoms with van der Waals surface area (Å²) in [6.45, 7) is 2.77. The third-order valence-corrected chi connectivity index (χ3v) is 4.91. The van der Waals surface area contributed by atoms with E-state index in [1.165, 1.54) is 30.6 Å². The van der Waals surface area contributed by atoms with E-state index in [1.807, 2.05) is 6.92 Å². The Bertz CT molecular complexity index is 363. The molecule has 0 bridgehead atoms. The van der Waals surface area contributed by atoms with Crippen molar-refractivity contribution in [2.75, 3.05) is 19.4 Å². The third-order valence-electron chi connectivity index (χ3n) is 3.45. The van der Waals surface area contributed by atoms with Gasteiger partial charge in [0.2, 0.25) is 0 Å². The molecule has 1 N–H and O–H groups in total. The second-order valence-corrected chi connectivity index (χ2v) is 5.99. The van der Waals surface area contributed by atoms with Gasteiger partial charge in [0, 0.05) is 16.9 Å². The van der Waals surface area contributed by atoms with E-state index >= 15 is 0 Å². The highest BCUT2D eigenvalue weighted by molar-refractivity contribution is 8.00. The van der Waals surface area contributed by atoms with Crippen LogP contribution in [0.5, 0.6) is 5.75 Å².